The van der Waals surface area contributed by atoms with Gasteiger partial charge in [-0.3, -0.25) is 0 Å². The smallest absolute Gasteiger partial charge is 0.00369 e. The number of unbranched alkanes of at least 4 members (excludes halogenated alkanes) is 11. The molecular weight excluding hydrogens is 236 g/mol. The third-order valence-corrected chi connectivity index (χ3v) is 3.96. The zero-order valence-corrected chi connectivity index (χ0v) is 13.7. The maximum absolute atomic E-state index is 4.94. The van der Waals surface area contributed by atoms with Crippen molar-refractivity contribution in [3.63, 3.8) is 0 Å². The van der Waals surface area contributed by atoms with E-state index >= 15 is 0 Å². The Kier molecular flexibility index (Phi) is 15.7. The summed E-state index contributed by atoms with van der Waals surface area (Å²) in [6.07, 6.45) is 18.5. The van der Waals surface area contributed by atoms with Gasteiger partial charge in [0.05, 0.1) is 0 Å². The average molecular weight is 272 g/mol. The van der Waals surface area contributed by atoms with Crippen molar-refractivity contribution in [3.05, 3.63) is 0 Å². The summed E-state index contributed by atoms with van der Waals surface area (Å²) in [6.45, 7) is 4.66. The van der Waals surface area contributed by atoms with Crippen LogP contribution in [0, 0.1) is 5.92 Å². The molecule has 0 aromatic rings. The molecule has 0 N–H and O–H groups in total. The van der Waals surface area contributed by atoms with Crippen molar-refractivity contribution in [2.75, 3.05) is 5.75 Å². The van der Waals surface area contributed by atoms with E-state index in [-0.39, 0.29) is 0 Å². The Balaban J connectivity index is 2.90. The summed E-state index contributed by atoms with van der Waals surface area (Å²) in [6, 6.07) is 0. The molecule has 18 heavy (non-hydrogen) atoms. The Morgan fingerprint density at radius 2 is 0.889 bits per heavy atom. The Labute approximate surface area is 122 Å². The van der Waals surface area contributed by atoms with Gasteiger partial charge in [-0.2, -0.15) is 0 Å². The van der Waals surface area contributed by atoms with Crippen LogP contribution in [0.15, 0.2) is 0 Å². The van der Waals surface area contributed by atoms with E-state index in [0.717, 1.165) is 11.7 Å². The van der Waals surface area contributed by atoms with Gasteiger partial charge in [0.2, 0.25) is 0 Å². The number of rotatable bonds is 14. The van der Waals surface area contributed by atoms with E-state index < -0.39 is 0 Å². The molecule has 0 unspecified atom stereocenters. The molecule has 0 amide bonds. The number of hydrogen-bond donors (Lipinski definition) is 0. The second-order valence-corrected chi connectivity index (χ2v) is 6.54. The van der Waals surface area contributed by atoms with Gasteiger partial charge in [-0.05, 0) is 12.3 Å². The van der Waals surface area contributed by atoms with Crippen LogP contribution in [0.5, 0.6) is 0 Å². The summed E-state index contributed by atoms with van der Waals surface area (Å²) in [5.41, 5.74) is 0. The highest BCUT2D eigenvalue weighted by Gasteiger charge is 1.95. The molecular formula is C17H35S. The molecule has 0 aliphatic carbocycles. The summed E-state index contributed by atoms with van der Waals surface area (Å²) in [5.74, 6) is 1.85. The summed E-state index contributed by atoms with van der Waals surface area (Å²) in [5, 5.41) is 0. The fourth-order valence-electron chi connectivity index (χ4n) is 2.42. The first-order chi connectivity index (χ1) is 8.77. The highest BCUT2D eigenvalue weighted by molar-refractivity contribution is 7.80. The van der Waals surface area contributed by atoms with Gasteiger partial charge >= 0.3 is 0 Å². The van der Waals surface area contributed by atoms with Crippen LogP contribution in [0.1, 0.15) is 97.3 Å². The highest BCUT2D eigenvalue weighted by Crippen LogP contribution is 2.14. The van der Waals surface area contributed by atoms with E-state index in [9.17, 15) is 0 Å². The quantitative estimate of drug-likeness (QED) is 0.301. The summed E-state index contributed by atoms with van der Waals surface area (Å²) < 4.78 is 0. The van der Waals surface area contributed by atoms with E-state index in [2.05, 4.69) is 13.8 Å². The molecule has 0 spiro atoms. The lowest BCUT2D eigenvalue weighted by molar-refractivity contribution is 0.504. The van der Waals surface area contributed by atoms with Gasteiger partial charge in [-0.1, -0.05) is 104 Å². The minimum Gasteiger partial charge on any atom is -0.0942 e. The molecule has 0 saturated heterocycles. The van der Waals surface area contributed by atoms with Crippen molar-refractivity contribution >= 4 is 12.6 Å². The molecule has 109 valence electrons. The van der Waals surface area contributed by atoms with E-state index in [1.165, 1.54) is 83.5 Å². The monoisotopic (exact) mass is 271 g/mol. The van der Waals surface area contributed by atoms with Crippen LogP contribution in [0.4, 0.5) is 0 Å². The van der Waals surface area contributed by atoms with Crippen molar-refractivity contribution in [3.8, 4) is 0 Å². The first-order valence-electron chi connectivity index (χ1n) is 8.35. The van der Waals surface area contributed by atoms with Crippen LogP contribution < -0.4 is 0 Å². The zero-order chi connectivity index (χ0) is 13.5. The predicted octanol–water partition coefficient (Wildman–Crippen LogP) is 6.91. The largest absolute Gasteiger partial charge is 0.0942 e. The van der Waals surface area contributed by atoms with Gasteiger partial charge in [-0.25, -0.2) is 0 Å². The molecule has 0 bridgehead atoms. The average Bonchev–Trinajstić information content (AvgIpc) is 2.34. The molecule has 1 heteroatoms. The third kappa shape index (κ3) is 16.4. The normalized spacial score (nSPS) is 11.3. The molecule has 0 aliphatic rings. The molecule has 0 saturated carbocycles. The molecule has 0 nitrogen and oxygen atoms in total. The van der Waals surface area contributed by atoms with Crippen molar-refractivity contribution in [1.29, 1.82) is 0 Å². The van der Waals surface area contributed by atoms with Gasteiger partial charge in [0.15, 0.2) is 0 Å². The fraction of sp³-hybridized carbons (Fsp3) is 1.00. The maximum atomic E-state index is 4.94. The number of hydrogen-bond acceptors (Lipinski definition) is 0. The second kappa shape index (κ2) is 15.4. The standard InChI is InChI=1S/C17H35S/c1-17(2)15-13-11-9-7-5-3-4-6-8-10-12-14-16-18/h17H,3-16H2,1-2H3. The molecule has 0 aromatic carbocycles. The maximum Gasteiger partial charge on any atom is 0.00369 e. The Bertz CT molecular complexity index is 143. The second-order valence-electron chi connectivity index (χ2n) is 6.13. The van der Waals surface area contributed by atoms with E-state index in [1.807, 2.05) is 0 Å². The van der Waals surface area contributed by atoms with E-state index in [0.29, 0.717) is 0 Å². The lowest BCUT2D eigenvalue weighted by atomic mass is 10.0. The lowest BCUT2D eigenvalue weighted by Gasteiger charge is -2.04. The van der Waals surface area contributed by atoms with Crippen LogP contribution in [0.2, 0.25) is 0 Å². The van der Waals surface area contributed by atoms with E-state index in [4.69, 9.17) is 12.6 Å². The molecule has 0 heterocycles. The molecule has 0 rings (SSSR count). The Morgan fingerprint density at radius 1 is 0.556 bits per heavy atom. The molecule has 0 aliphatic heterocycles. The molecule has 1 radical (unpaired) electrons. The Morgan fingerprint density at radius 3 is 1.22 bits per heavy atom. The van der Waals surface area contributed by atoms with Gasteiger partial charge in [0, 0.05) is 5.75 Å². The SMILES string of the molecule is CC(C)CCCCCCCCCCCCCC[S]. The van der Waals surface area contributed by atoms with E-state index in [1.54, 1.807) is 0 Å². The first kappa shape index (κ1) is 18.4. The minimum absolute atomic E-state index is 0.894. The Hall–Kier alpha value is 0.350. The minimum atomic E-state index is 0.894. The molecule has 0 atom stereocenters. The highest BCUT2D eigenvalue weighted by atomic mass is 32.1. The van der Waals surface area contributed by atoms with Gasteiger partial charge in [0.25, 0.3) is 0 Å². The summed E-state index contributed by atoms with van der Waals surface area (Å²) >= 11 is 4.94. The van der Waals surface area contributed by atoms with Crippen molar-refractivity contribution in [1.82, 2.24) is 0 Å². The van der Waals surface area contributed by atoms with Gasteiger partial charge < -0.3 is 0 Å². The van der Waals surface area contributed by atoms with Crippen molar-refractivity contribution in [2.24, 2.45) is 5.92 Å². The predicted molar refractivity (Wildman–Crippen MR) is 87.3 cm³/mol. The van der Waals surface area contributed by atoms with Gasteiger partial charge in [-0.15, -0.1) is 0 Å². The van der Waals surface area contributed by atoms with Crippen LogP contribution >= 0.6 is 12.6 Å². The van der Waals surface area contributed by atoms with Crippen LogP contribution in [0.3, 0.4) is 0 Å². The summed E-state index contributed by atoms with van der Waals surface area (Å²) in [7, 11) is 0. The third-order valence-electron chi connectivity index (χ3n) is 3.68. The molecule has 0 fully saturated rings. The molecule has 0 aromatic heterocycles. The van der Waals surface area contributed by atoms with Crippen molar-refractivity contribution < 1.29 is 0 Å². The van der Waals surface area contributed by atoms with Crippen LogP contribution in [0.25, 0.3) is 0 Å². The summed E-state index contributed by atoms with van der Waals surface area (Å²) in [4.78, 5) is 0. The van der Waals surface area contributed by atoms with Crippen LogP contribution in [-0.4, -0.2) is 5.75 Å². The fourth-order valence-corrected chi connectivity index (χ4v) is 2.63. The topological polar surface area (TPSA) is 0 Å². The van der Waals surface area contributed by atoms with Gasteiger partial charge in [0.1, 0.15) is 0 Å². The zero-order valence-electron chi connectivity index (χ0n) is 12.9. The van der Waals surface area contributed by atoms with Crippen LogP contribution in [-0.2, 0) is 0 Å². The lowest BCUT2D eigenvalue weighted by Crippen LogP contribution is -1.87. The first-order valence-corrected chi connectivity index (χ1v) is 8.93. The van der Waals surface area contributed by atoms with Crippen molar-refractivity contribution in [2.45, 2.75) is 97.3 Å².